The summed E-state index contributed by atoms with van der Waals surface area (Å²) in [5.41, 5.74) is -0.157. The topological polar surface area (TPSA) is 104 Å². The Balaban J connectivity index is 1.86. The van der Waals surface area contributed by atoms with Gasteiger partial charge in [-0.25, -0.2) is 17.6 Å². The average Bonchev–Trinajstić information content (AvgIpc) is 3.22. The standard InChI is InChI=1S/C14H17FN2O6S2/c15-10-6-11(13(18)16-1-3-23-4-2-16)17(7-10)25(21,22)12-5-9(8-24-12)14(19)20/h5,8,10-11H,1-4,6-7H2,(H,19,20)/t10-,11+/m1/s1. The second kappa shape index (κ2) is 6.98. The molecular formula is C14H17FN2O6S2. The molecule has 2 saturated heterocycles. The molecule has 1 aromatic rings. The number of halogens is 1. The first-order valence-electron chi connectivity index (χ1n) is 7.65. The van der Waals surface area contributed by atoms with Crippen molar-refractivity contribution in [3.63, 3.8) is 0 Å². The molecule has 138 valence electrons. The number of sulfonamides is 1. The molecular weight excluding hydrogens is 375 g/mol. The predicted octanol–water partition coefficient (Wildman–Crippen LogP) is 0.406. The number of thiophene rings is 1. The van der Waals surface area contributed by atoms with Gasteiger partial charge in [0.2, 0.25) is 5.91 Å². The van der Waals surface area contributed by atoms with Gasteiger partial charge in [0, 0.05) is 31.4 Å². The Morgan fingerprint density at radius 2 is 2.00 bits per heavy atom. The summed E-state index contributed by atoms with van der Waals surface area (Å²) >= 11 is 0.744. The lowest BCUT2D eigenvalue weighted by molar-refractivity contribution is -0.138. The van der Waals surface area contributed by atoms with Crippen LogP contribution in [-0.2, 0) is 19.6 Å². The monoisotopic (exact) mass is 392 g/mol. The zero-order valence-electron chi connectivity index (χ0n) is 13.1. The highest BCUT2D eigenvalue weighted by molar-refractivity contribution is 7.91. The number of carboxylic acid groups (broad SMARTS) is 1. The number of rotatable bonds is 4. The molecule has 1 aromatic heterocycles. The fraction of sp³-hybridized carbons (Fsp3) is 0.571. The van der Waals surface area contributed by atoms with E-state index in [9.17, 15) is 22.4 Å². The molecule has 0 aromatic carbocycles. The van der Waals surface area contributed by atoms with Crippen LogP contribution in [0.5, 0.6) is 0 Å². The molecule has 0 saturated carbocycles. The molecule has 2 atom stereocenters. The molecule has 0 spiro atoms. The number of nitrogens with zero attached hydrogens (tertiary/aromatic N) is 2. The van der Waals surface area contributed by atoms with Crippen LogP contribution in [0.15, 0.2) is 15.7 Å². The molecule has 1 amide bonds. The van der Waals surface area contributed by atoms with Crippen LogP contribution >= 0.6 is 11.3 Å². The number of morpholine rings is 1. The highest BCUT2D eigenvalue weighted by Crippen LogP contribution is 2.32. The second-order valence-corrected chi connectivity index (χ2v) is 8.85. The summed E-state index contributed by atoms with van der Waals surface area (Å²) in [6.07, 6.45) is -1.64. The van der Waals surface area contributed by atoms with Crippen LogP contribution in [0.2, 0.25) is 0 Å². The van der Waals surface area contributed by atoms with Gasteiger partial charge in [0.1, 0.15) is 16.4 Å². The first kappa shape index (κ1) is 18.2. The Labute approximate surface area is 147 Å². The largest absolute Gasteiger partial charge is 0.478 e. The number of aromatic carboxylic acids is 1. The van der Waals surface area contributed by atoms with E-state index in [0.717, 1.165) is 21.7 Å². The molecule has 0 bridgehead atoms. The van der Waals surface area contributed by atoms with Crippen LogP contribution in [0.3, 0.4) is 0 Å². The van der Waals surface area contributed by atoms with Crippen LogP contribution in [0.1, 0.15) is 16.8 Å². The number of ether oxygens (including phenoxy) is 1. The molecule has 3 rings (SSSR count). The Morgan fingerprint density at radius 3 is 2.60 bits per heavy atom. The zero-order chi connectivity index (χ0) is 18.2. The van der Waals surface area contributed by atoms with Crippen LogP contribution in [0.4, 0.5) is 4.39 Å². The highest BCUT2D eigenvalue weighted by atomic mass is 32.2. The smallest absolute Gasteiger partial charge is 0.336 e. The third-order valence-corrected chi connectivity index (χ3v) is 7.49. The van der Waals surface area contributed by atoms with Gasteiger partial charge in [-0.2, -0.15) is 4.31 Å². The fourth-order valence-corrected chi connectivity index (χ4v) is 5.82. The summed E-state index contributed by atoms with van der Waals surface area (Å²) in [5, 5.41) is 10.2. The maximum atomic E-state index is 13.9. The van der Waals surface area contributed by atoms with Gasteiger partial charge in [0.15, 0.2) is 0 Å². The summed E-state index contributed by atoms with van der Waals surface area (Å²) in [4.78, 5) is 25.1. The molecule has 2 aliphatic rings. The van der Waals surface area contributed by atoms with Crippen molar-refractivity contribution < 1.29 is 32.2 Å². The van der Waals surface area contributed by atoms with E-state index in [1.807, 2.05) is 0 Å². The summed E-state index contributed by atoms with van der Waals surface area (Å²) in [6, 6.07) is -0.0852. The van der Waals surface area contributed by atoms with Crippen molar-refractivity contribution in [3.8, 4) is 0 Å². The average molecular weight is 392 g/mol. The molecule has 25 heavy (non-hydrogen) atoms. The minimum Gasteiger partial charge on any atom is -0.478 e. The van der Waals surface area contributed by atoms with Crippen molar-refractivity contribution in [1.29, 1.82) is 0 Å². The maximum Gasteiger partial charge on any atom is 0.336 e. The molecule has 0 unspecified atom stereocenters. The third-order valence-electron chi connectivity index (χ3n) is 4.20. The van der Waals surface area contributed by atoms with Crippen LogP contribution < -0.4 is 0 Å². The van der Waals surface area contributed by atoms with Crippen molar-refractivity contribution in [3.05, 3.63) is 17.0 Å². The van der Waals surface area contributed by atoms with Crippen molar-refractivity contribution in [2.75, 3.05) is 32.8 Å². The number of alkyl halides is 1. The normalized spacial score (nSPS) is 25.2. The summed E-state index contributed by atoms with van der Waals surface area (Å²) in [7, 11) is -4.15. The van der Waals surface area contributed by atoms with Crippen molar-refractivity contribution >= 4 is 33.2 Å². The van der Waals surface area contributed by atoms with Crippen molar-refractivity contribution in [2.45, 2.75) is 22.8 Å². The van der Waals surface area contributed by atoms with E-state index in [0.29, 0.717) is 26.3 Å². The number of amides is 1. The number of carboxylic acids is 1. The Kier molecular flexibility index (Phi) is 5.09. The lowest BCUT2D eigenvalue weighted by Gasteiger charge is -2.31. The number of hydrogen-bond donors (Lipinski definition) is 1. The quantitative estimate of drug-likeness (QED) is 0.796. The third kappa shape index (κ3) is 3.54. The molecule has 8 nitrogen and oxygen atoms in total. The molecule has 2 fully saturated rings. The predicted molar refractivity (Wildman–Crippen MR) is 85.9 cm³/mol. The van der Waals surface area contributed by atoms with Gasteiger partial charge in [-0.1, -0.05) is 0 Å². The minimum atomic E-state index is -4.15. The minimum absolute atomic E-state index is 0.157. The second-order valence-electron chi connectivity index (χ2n) is 5.82. The van der Waals surface area contributed by atoms with Gasteiger partial charge in [0.05, 0.1) is 18.8 Å². The SMILES string of the molecule is O=C(O)c1csc(S(=O)(=O)N2C[C@H](F)C[C@H]2C(=O)N2CCOCC2)c1. The van der Waals surface area contributed by atoms with E-state index in [2.05, 4.69) is 0 Å². The number of carbonyl (C=O) groups is 2. The van der Waals surface area contributed by atoms with E-state index >= 15 is 0 Å². The van der Waals surface area contributed by atoms with E-state index in [-0.39, 0.29) is 16.2 Å². The Hall–Kier alpha value is -1.56. The van der Waals surface area contributed by atoms with Gasteiger partial charge < -0.3 is 14.7 Å². The van der Waals surface area contributed by atoms with Gasteiger partial charge in [0.25, 0.3) is 10.0 Å². The molecule has 3 heterocycles. The molecule has 2 aliphatic heterocycles. The lowest BCUT2D eigenvalue weighted by atomic mass is 10.2. The molecule has 0 aliphatic carbocycles. The number of carbonyl (C=O) groups excluding carboxylic acids is 1. The summed E-state index contributed by atoms with van der Waals surface area (Å²) in [5.74, 6) is -1.69. The molecule has 11 heteroatoms. The van der Waals surface area contributed by atoms with E-state index < -0.39 is 40.7 Å². The van der Waals surface area contributed by atoms with E-state index in [1.54, 1.807) is 0 Å². The van der Waals surface area contributed by atoms with Crippen molar-refractivity contribution in [1.82, 2.24) is 9.21 Å². The number of hydrogen-bond acceptors (Lipinski definition) is 6. The first-order valence-corrected chi connectivity index (χ1v) is 9.97. The first-order chi connectivity index (χ1) is 11.8. The van der Waals surface area contributed by atoms with E-state index in [4.69, 9.17) is 9.84 Å². The lowest BCUT2D eigenvalue weighted by Crippen LogP contribution is -2.50. The summed E-state index contributed by atoms with van der Waals surface area (Å²) in [6.45, 7) is 0.975. The van der Waals surface area contributed by atoms with Gasteiger partial charge in [-0.05, 0) is 6.07 Å². The molecule has 0 radical (unpaired) electrons. The van der Waals surface area contributed by atoms with Crippen molar-refractivity contribution in [2.24, 2.45) is 0 Å². The van der Waals surface area contributed by atoms with Crippen LogP contribution in [0, 0.1) is 0 Å². The van der Waals surface area contributed by atoms with Gasteiger partial charge in [-0.15, -0.1) is 11.3 Å². The van der Waals surface area contributed by atoms with Crippen LogP contribution in [0.25, 0.3) is 0 Å². The van der Waals surface area contributed by atoms with Gasteiger partial charge in [-0.3, -0.25) is 4.79 Å². The fourth-order valence-electron chi connectivity index (χ4n) is 2.92. The van der Waals surface area contributed by atoms with Crippen LogP contribution in [-0.4, -0.2) is 79.7 Å². The summed E-state index contributed by atoms with van der Waals surface area (Å²) < 4.78 is 45.3. The van der Waals surface area contributed by atoms with Gasteiger partial charge >= 0.3 is 5.97 Å². The zero-order valence-corrected chi connectivity index (χ0v) is 14.8. The maximum absolute atomic E-state index is 13.9. The Morgan fingerprint density at radius 1 is 1.32 bits per heavy atom. The highest BCUT2D eigenvalue weighted by Gasteiger charge is 2.46. The Bertz CT molecular complexity index is 774. The molecule has 1 N–H and O–H groups in total. The van der Waals surface area contributed by atoms with E-state index in [1.165, 1.54) is 10.3 Å².